The highest BCUT2D eigenvalue weighted by atomic mass is 16.5. The highest BCUT2D eigenvalue weighted by Crippen LogP contribution is 2.15. The minimum Gasteiger partial charge on any atom is -0.448 e. The molecule has 0 radical (unpaired) electrons. The van der Waals surface area contributed by atoms with E-state index < -0.39 is 0 Å². The lowest BCUT2D eigenvalue weighted by atomic mass is 9.99. The van der Waals surface area contributed by atoms with E-state index in [1.54, 1.807) is 0 Å². The molecule has 4 heteroatoms. The molecular weight excluding hydrogens is 216 g/mol. The lowest BCUT2D eigenvalue weighted by Gasteiger charge is -2.17. The summed E-state index contributed by atoms with van der Waals surface area (Å²) in [6, 6.07) is 7.47. The number of carbonyl (C=O) groups is 1. The van der Waals surface area contributed by atoms with Crippen molar-refractivity contribution >= 4 is 17.1 Å². The first-order chi connectivity index (χ1) is 7.97. The molecule has 0 spiro atoms. The molecule has 0 atom stereocenters. The summed E-state index contributed by atoms with van der Waals surface area (Å²) in [5.41, 5.74) is 1.53. The number of rotatable bonds is 1. The Balaban J connectivity index is 2.20. The number of aromatic nitrogens is 2. The molecule has 4 nitrogen and oxygen atoms in total. The largest absolute Gasteiger partial charge is 0.448 e. The smallest absolute Gasteiger partial charge is 0.419 e. The second-order valence-electron chi connectivity index (χ2n) is 5.22. The van der Waals surface area contributed by atoms with Gasteiger partial charge in [-0.25, -0.2) is 14.3 Å². The second-order valence-corrected chi connectivity index (χ2v) is 5.22. The zero-order valence-electron chi connectivity index (χ0n) is 10.3. The van der Waals surface area contributed by atoms with Crippen LogP contribution in [0.15, 0.2) is 30.6 Å². The zero-order chi connectivity index (χ0) is 12.5. The fourth-order valence-electron chi connectivity index (χ4n) is 1.45. The average Bonchev–Trinajstić information content (AvgIpc) is 2.68. The molecule has 0 aliphatic heterocycles. The van der Waals surface area contributed by atoms with Gasteiger partial charge < -0.3 is 4.74 Å². The van der Waals surface area contributed by atoms with E-state index in [9.17, 15) is 4.79 Å². The maximum Gasteiger partial charge on any atom is 0.419 e. The number of ether oxygens (including phenoxy) is 1. The van der Waals surface area contributed by atoms with Gasteiger partial charge in [-0.1, -0.05) is 32.9 Å². The van der Waals surface area contributed by atoms with Crippen LogP contribution in [0.3, 0.4) is 0 Å². The predicted molar refractivity (Wildman–Crippen MR) is 65.9 cm³/mol. The van der Waals surface area contributed by atoms with Crippen molar-refractivity contribution < 1.29 is 9.53 Å². The summed E-state index contributed by atoms with van der Waals surface area (Å²) in [6.07, 6.45) is 1.11. The Morgan fingerprint density at radius 2 is 2.06 bits per heavy atom. The molecule has 2 aromatic rings. The molecule has 0 amide bonds. The Hall–Kier alpha value is -1.84. The van der Waals surface area contributed by atoms with E-state index in [-0.39, 0.29) is 11.5 Å². The van der Waals surface area contributed by atoms with E-state index in [1.807, 2.05) is 45.0 Å². The molecule has 0 bridgehead atoms. The summed E-state index contributed by atoms with van der Waals surface area (Å²) in [7, 11) is 0. The molecule has 0 fully saturated rings. The van der Waals surface area contributed by atoms with E-state index in [4.69, 9.17) is 4.74 Å². The number of hydrogen-bond donors (Lipinski definition) is 0. The standard InChI is InChI=1S/C13H16N2O2/c1-13(2,3)8-17-12(16)15-9-14-10-6-4-5-7-11(10)15/h4-7,9H,8H2,1-3H3. The van der Waals surface area contributed by atoms with E-state index in [2.05, 4.69) is 4.98 Å². The SMILES string of the molecule is CC(C)(C)COC(=O)n1cnc2ccccc21. The molecule has 0 N–H and O–H groups in total. The van der Waals surface area contributed by atoms with E-state index in [0.29, 0.717) is 6.61 Å². The van der Waals surface area contributed by atoms with Gasteiger partial charge in [-0.15, -0.1) is 0 Å². The van der Waals surface area contributed by atoms with Crippen LogP contribution in [0.25, 0.3) is 11.0 Å². The number of imidazole rings is 1. The average molecular weight is 232 g/mol. The lowest BCUT2D eigenvalue weighted by molar-refractivity contribution is 0.108. The van der Waals surface area contributed by atoms with Gasteiger partial charge in [0.15, 0.2) is 0 Å². The molecule has 90 valence electrons. The fourth-order valence-corrected chi connectivity index (χ4v) is 1.45. The second kappa shape index (κ2) is 4.20. The van der Waals surface area contributed by atoms with Crippen molar-refractivity contribution in [3.8, 4) is 0 Å². The quantitative estimate of drug-likeness (QED) is 0.759. The van der Waals surface area contributed by atoms with E-state index in [1.165, 1.54) is 10.9 Å². The Kier molecular flexibility index (Phi) is 2.88. The van der Waals surface area contributed by atoms with Crippen LogP contribution in [0.5, 0.6) is 0 Å². The number of nitrogens with zero attached hydrogens (tertiary/aromatic N) is 2. The number of benzene rings is 1. The molecule has 1 heterocycles. The molecule has 0 saturated heterocycles. The first-order valence-corrected chi connectivity index (χ1v) is 5.57. The molecule has 1 aromatic carbocycles. The van der Waals surface area contributed by atoms with Crippen molar-refractivity contribution in [2.45, 2.75) is 20.8 Å². The van der Waals surface area contributed by atoms with Crippen LogP contribution < -0.4 is 0 Å². The molecule has 17 heavy (non-hydrogen) atoms. The van der Waals surface area contributed by atoms with Crippen molar-refractivity contribution in [2.24, 2.45) is 5.41 Å². The third kappa shape index (κ3) is 2.64. The van der Waals surface area contributed by atoms with Crippen molar-refractivity contribution in [3.05, 3.63) is 30.6 Å². The van der Waals surface area contributed by atoms with Crippen molar-refractivity contribution in [2.75, 3.05) is 6.61 Å². The monoisotopic (exact) mass is 232 g/mol. The number of fused-ring (bicyclic) bond motifs is 1. The Morgan fingerprint density at radius 3 is 2.76 bits per heavy atom. The first kappa shape index (κ1) is 11.6. The van der Waals surface area contributed by atoms with Crippen LogP contribution >= 0.6 is 0 Å². The summed E-state index contributed by atoms with van der Waals surface area (Å²) >= 11 is 0. The van der Waals surface area contributed by atoms with Gasteiger partial charge >= 0.3 is 6.09 Å². The van der Waals surface area contributed by atoms with Gasteiger partial charge in [0.05, 0.1) is 17.6 Å². The van der Waals surface area contributed by atoms with Gasteiger partial charge in [-0.2, -0.15) is 0 Å². The third-order valence-electron chi connectivity index (χ3n) is 2.28. The summed E-state index contributed by atoms with van der Waals surface area (Å²) in [5, 5.41) is 0. The van der Waals surface area contributed by atoms with Crippen LogP contribution in [-0.4, -0.2) is 22.3 Å². The normalized spacial score (nSPS) is 11.7. The van der Waals surface area contributed by atoms with Gasteiger partial charge in [0.25, 0.3) is 0 Å². The molecule has 0 aliphatic rings. The minimum atomic E-state index is -0.381. The number of carbonyl (C=O) groups excluding carboxylic acids is 1. The predicted octanol–water partition coefficient (Wildman–Crippen LogP) is 3.07. The summed E-state index contributed by atoms with van der Waals surface area (Å²) in [5.74, 6) is 0. The van der Waals surface area contributed by atoms with Crippen LogP contribution in [0.1, 0.15) is 20.8 Å². The molecule has 0 aliphatic carbocycles. The highest BCUT2D eigenvalue weighted by Gasteiger charge is 2.16. The maximum absolute atomic E-state index is 11.9. The summed E-state index contributed by atoms with van der Waals surface area (Å²) < 4.78 is 6.67. The molecule has 2 rings (SSSR count). The van der Waals surface area contributed by atoms with Crippen molar-refractivity contribution in [1.82, 2.24) is 9.55 Å². The lowest BCUT2D eigenvalue weighted by Crippen LogP contribution is -2.21. The fraction of sp³-hybridized carbons (Fsp3) is 0.385. The minimum absolute atomic E-state index is 0.0357. The molecule has 0 unspecified atom stereocenters. The van der Waals surface area contributed by atoms with E-state index >= 15 is 0 Å². The summed E-state index contributed by atoms with van der Waals surface area (Å²) in [4.78, 5) is 16.0. The van der Waals surface area contributed by atoms with Gasteiger partial charge in [-0.05, 0) is 17.5 Å². The topological polar surface area (TPSA) is 44.1 Å². The van der Waals surface area contributed by atoms with Gasteiger partial charge in [0.1, 0.15) is 6.33 Å². The third-order valence-corrected chi connectivity index (χ3v) is 2.28. The Labute approximate surface area is 100 Å². The van der Waals surface area contributed by atoms with Crippen molar-refractivity contribution in [1.29, 1.82) is 0 Å². The maximum atomic E-state index is 11.9. The van der Waals surface area contributed by atoms with Gasteiger partial charge in [0.2, 0.25) is 0 Å². The summed E-state index contributed by atoms with van der Waals surface area (Å²) in [6.45, 7) is 6.45. The van der Waals surface area contributed by atoms with Gasteiger partial charge in [0, 0.05) is 0 Å². The van der Waals surface area contributed by atoms with Crippen LogP contribution in [0, 0.1) is 5.41 Å². The van der Waals surface area contributed by atoms with Crippen LogP contribution in [0.2, 0.25) is 0 Å². The van der Waals surface area contributed by atoms with Crippen LogP contribution in [0.4, 0.5) is 4.79 Å². The van der Waals surface area contributed by atoms with E-state index in [0.717, 1.165) is 11.0 Å². The highest BCUT2D eigenvalue weighted by molar-refractivity contribution is 5.86. The Bertz CT molecular complexity index is 538. The first-order valence-electron chi connectivity index (χ1n) is 5.57. The molecule has 1 aromatic heterocycles. The molecule has 0 saturated carbocycles. The zero-order valence-corrected chi connectivity index (χ0v) is 10.3. The van der Waals surface area contributed by atoms with Gasteiger partial charge in [-0.3, -0.25) is 0 Å². The number of hydrogen-bond acceptors (Lipinski definition) is 3. The van der Waals surface area contributed by atoms with Crippen LogP contribution in [-0.2, 0) is 4.74 Å². The van der Waals surface area contributed by atoms with Crippen molar-refractivity contribution in [3.63, 3.8) is 0 Å². The molecular formula is C13H16N2O2. The number of para-hydroxylation sites is 2. The Morgan fingerprint density at radius 1 is 1.35 bits per heavy atom.